The molecule has 3 aromatic rings. The van der Waals surface area contributed by atoms with E-state index in [4.69, 9.17) is 0 Å². The van der Waals surface area contributed by atoms with Gasteiger partial charge in [-0.3, -0.25) is 0 Å². The highest BCUT2D eigenvalue weighted by Gasteiger charge is 2.50. The van der Waals surface area contributed by atoms with E-state index in [1.54, 1.807) is 55.5 Å². The highest BCUT2D eigenvalue weighted by atomic mass is 32.2. The Kier molecular flexibility index (Phi) is 7.80. The van der Waals surface area contributed by atoms with Gasteiger partial charge in [0.2, 0.25) is 20.0 Å². The van der Waals surface area contributed by atoms with E-state index in [-0.39, 0.29) is 16.3 Å². The number of rotatable bonds is 8. The molecular weight excluding hydrogens is 506 g/mol. The van der Waals surface area contributed by atoms with Crippen LogP contribution in [0.4, 0.5) is 5.69 Å². The van der Waals surface area contributed by atoms with Crippen LogP contribution in [0.5, 0.6) is 0 Å². The number of nitrogens with zero attached hydrogens (tertiary/aromatic N) is 3. The lowest BCUT2D eigenvalue weighted by atomic mass is 10.1. The minimum absolute atomic E-state index is 0.0454. The van der Waals surface area contributed by atoms with Crippen LogP contribution in [-0.4, -0.2) is 51.1 Å². The van der Waals surface area contributed by atoms with Crippen LogP contribution in [0.1, 0.15) is 43.6 Å². The first kappa shape index (κ1) is 27.3. The van der Waals surface area contributed by atoms with Gasteiger partial charge < -0.3 is 4.90 Å². The Morgan fingerprint density at radius 1 is 0.730 bits per heavy atom. The number of anilines is 1. The van der Waals surface area contributed by atoms with Crippen LogP contribution in [0.2, 0.25) is 0 Å². The maximum absolute atomic E-state index is 14.0. The van der Waals surface area contributed by atoms with Crippen LogP contribution in [0.3, 0.4) is 0 Å². The zero-order chi connectivity index (χ0) is 27.0. The molecule has 0 bridgehead atoms. The summed E-state index contributed by atoms with van der Waals surface area (Å²) >= 11 is 0. The number of sulfonamides is 2. The normalized spacial score (nSPS) is 19.3. The molecular formula is C28H35N3O4S2. The molecule has 4 rings (SSSR count). The molecule has 0 N–H and O–H groups in total. The highest BCUT2D eigenvalue weighted by molar-refractivity contribution is 7.90. The summed E-state index contributed by atoms with van der Waals surface area (Å²) in [5, 5.41) is 0. The summed E-state index contributed by atoms with van der Waals surface area (Å²) in [7, 11) is -7.99. The summed E-state index contributed by atoms with van der Waals surface area (Å²) in [6.07, 6.45) is -1.02. The molecule has 7 nitrogen and oxygen atoms in total. The van der Waals surface area contributed by atoms with E-state index in [0.29, 0.717) is 5.56 Å². The van der Waals surface area contributed by atoms with Gasteiger partial charge in [-0.25, -0.2) is 16.8 Å². The van der Waals surface area contributed by atoms with Crippen LogP contribution in [0, 0.1) is 13.8 Å². The van der Waals surface area contributed by atoms with Crippen molar-refractivity contribution in [1.29, 1.82) is 0 Å². The molecule has 198 valence electrons. The molecule has 2 atom stereocenters. The second-order valence-corrected chi connectivity index (χ2v) is 13.3. The zero-order valence-electron chi connectivity index (χ0n) is 22.0. The number of aryl methyl sites for hydroxylation is 2. The minimum Gasteiger partial charge on any atom is -0.372 e. The third kappa shape index (κ3) is 5.18. The van der Waals surface area contributed by atoms with E-state index in [2.05, 4.69) is 18.7 Å². The Morgan fingerprint density at radius 3 is 1.65 bits per heavy atom. The van der Waals surface area contributed by atoms with Crippen LogP contribution in [0.15, 0.2) is 82.6 Å². The lowest BCUT2D eigenvalue weighted by Crippen LogP contribution is -2.39. The van der Waals surface area contributed by atoms with E-state index in [9.17, 15) is 16.8 Å². The third-order valence-corrected chi connectivity index (χ3v) is 10.8. The van der Waals surface area contributed by atoms with E-state index in [1.807, 2.05) is 38.1 Å². The fraction of sp³-hybridized carbons (Fsp3) is 0.357. The molecule has 0 aromatic heterocycles. The van der Waals surface area contributed by atoms with E-state index < -0.39 is 32.3 Å². The lowest BCUT2D eigenvalue weighted by Gasteiger charge is -2.31. The molecule has 0 saturated carbocycles. The van der Waals surface area contributed by atoms with E-state index >= 15 is 0 Å². The molecule has 37 heavy (non-hydrogen) atoms. The molecule has 1 aliphatic rings. The molecule has 1 heterocycles. The Hall–Kier alpha value is -2.72. The number of hydrogen-bond donors (Lipinski definition) is 0. The van der Waals surface area contributed by atoms with E-state index in [0.717, 1.165) is 29.9 Å². The monoisotopic (exact) mass is 541 g/mol. The molecule has 0 radical (unpaired) electrons. The van der Waals surface area contributed by atoms with Crippen LogP contribution >= 0.6 is 0 Å². The second-order valence-electron chi connectivity index (χ2n) is 9.52. The summed E-state index contributed by atoms with van der Waals surface area (Å²) in [6, 6.07) is 20.3. The van der Waals surface area contributed by atoms with Crippen molar-refractivity contribution in [3.63, 3.8) is 0 Å². The van der Waals surface area contributed by atoms with E-state index in [1.165, 1.54) is 8.61 Å². The molecule has 3 aromatic carbocycles. The molecule has 0 aliphatic carbocycles. The SMILES string of the molecule is CCN(CC)c1ccc([C@@H]2N(S(=O)(=O)c3ccc(C)cc3)C[C@@H](C)N2S(=O)(=O)c2ccc(C)cc2)cc1. The third-order valence-electron chi connectivity index (χ3n) is 6.94. The van der Waals surface area contributed by atoms with Gasteiger partial charge in [0.1, 0.15) is 6.17 Å². The van der Waals surface area contributed by atoms with Crippen molar-refractivity contribution < 1.29 is 16.8 Å². The standard InChI is InChI=1S/C28H35N3O4S2/c1-6-29(7-2)25-14-12-24(13-15-25)28-30(36(32,33)26-16-8-21(3)9-17-26)20-23(5)31(28)37(34,35)27-18-10-22(4)11-19-27/h8-19,23,28H,6-7,20H2,1-5H3/t23-,28-/m1/s1. The van der Waals surface area contributed by atoms with Gasteiger partial charge in [-0.2, -0.15) is 8.61 Å². The van der Waals surface area contributed by atoms with Crippen molar-refractivity contribution >= 4 is 25.7 Å². The van der Waals surface area contributed by atoms with Gasteiger partial charge >= 0.3 is 0 Å². The smallest absolute Gasteiger partial charge is 0.245 e. The Labute approximate surface area is 221 Å². The molecule has 1 fully saturated rings. The Bertz CT molecular complexity index is 1430. The number of benzene rings is 3. The van der Waals surface area contributed by atoms with Gasteiger partial charge in [-0.15, -0.1) is 0 Å². The first-order valence-corrected chi connectivity index (χ1v) is 15.4. The van der Waals surface area contributed by atoms with Gasteiger partial charge in [0.05, 0.1) is 9.79 Å². The summed E-state index contributed by atoms with van der Waals surface area (Å²) in [5.74, 6) is 0. The van der Waals surface area contributed by atoms with Crippen molar-refractivity contribution in [2.75, 3.05) is 24.5 Å². The molecule has 0 spiro atoms. The zero-order valence-corrected chi connectivity index (χ0v) is 23.6. The number of hydrogen-bond acceptors (Lipinski definition) is 5. The van der Waals surface area contributed by atoms with Crippen molar-refractivity contribution in [3.05, 3.63) is 89.5 Å². The van der Waals surface area contributed by atoms with Gasteiger partial charge in [0.15, 0.2) is 0 Å². The van der Waals surface area contributed by atoms with Gasteiger partial charge in [-0.1, -0.05) is 47.5 Å². The Morgan fingerprint density at radius 2 is 1.19 bits per heavy atom. The highest BCUT2D eigenvalue weighted by Crippen LogP contribution is 2.42. The van der Waals surface area contributed by atoms with Crippen LogP contribution in [0.25, 0.3) is 0 Å². The largest absolute Gasteiger partial charge is 0.372 e. The predicted molar refractivity (Wildman–Crippen MR) is 147 cm³/mol. The Balaban J connectivity index is 1.85. The fourth-order valence-electron chi connectivity index (χ4n) is 4.84. The second kappa shape index (κ2) is 10.6. The average Bonchev–Trinajstić information content (AvgIpc) is 3.24. The quantitative estimate of drug-likeness (QED) is 0.404. The maximum atomic E-state index is 14.0. The average molecular weight is 542 g/mol. The first-order chi connectivity index (χ1) is 17.5. The molecule has 9 heteroatoms. The van der Waals surface area contributed by atoms with Crippen molar-refractivity contribution in [1.82, 2.24) is 8.61 Å². The summed E-state index contributed by atoms with van der Waals surface area (Å²) in [6.45, 7) is 11.4. The van der Waals surface area contributed by atoms with Gasteiger partial charge in [0, 0.05) is 31.4 Å². The van der Waals surface area contributed by atoms with Crippen LogP contribution < -0.4 is 4.90 Å². The maximum Gasteiger partial charge on any atom is 0.245 e. The van der Waals surface area contributed by atoms with Crippen molar-refractivity contribution in [2.45, 2.75) is 56.6 Å². The van der Waals surface area contributed by atoms with Crippen molar-refractivity contribution in [2.24, 2.45) is 0 Å². The first-order valence-electron chi connectivity index (χ1n) is 12.5. The van der Waals surface area contributed by atoms with Crippen LogP contribution in [-0.2, 0) is 20.0 Å². The lowest BCUT2D eigenvalue weighted by molar-refractivity contribution is 0.276. The summed E-state index contributed by atoms with van der Waals surface area (Å²) in [5.41, 5.74) is 3.49. The minimum atomic E-state index is -4.00. The van der Waals surface area contributed by atoms with Gasteiger partial charge in [0.25, 0.3) is 0 Å². The fourth-order valence-corrected chi connectivity index (χ4v) is 8.31. The van der Waals surface area contributed by atoms with Gasteiger partial charge in [-0.05, 0) is 76.6 Å². The van der Waals surface area contributed by atoms with Crippen molar-refractivity contribution in [3.8, 4) is 0 Å². The molecule has 1 aliphatic heterocycles. The molecule has 0 unspecified atom stereocenters. The summed E-state index contributed by atoms with van der Waals surface area (Å²) < 4.78 is 58.4. The topological polar surface area (TPSA) is 78.0 Å². The predicted octanol–water partition coefficient (Wildman–Crippen LogP) is 4.93. The molecule has 1 saturated heterocycles. The molecule has 0 amide bonds. The summed E-state index contributed by atoms with van der Waals surface area (Å²) in [4.78, 5) is 2.47.